The quantitative estimate of drug-likeness (QED) is 0.455. The summed E-state index contributed by atoms with van der Waals surface area (Å²) < 4.78 is 10.9. The van der Waals surface area contributed by atoms with E-state index < -0.39 is 5.91 Å². The van der Waals surface area contributed by atoms with Gasteiger partial charge in [-0.15, -0.1) is 0 Å². The Bertz CT molecular complexity index is 1080. The van der Waals surface area contributed by atoms with Crippen LogP contribution < -0.4 is 10.1 Å². The fourth-order valence-electron chi connectivity index (χ4n) is 2.59. The fourth-order valence-corrected chi connectivity index (χ4v) is 2.77. The second-order valence-electron chi connectivity index (χ2n) is 6.26. The molecule has 1 N–H and O–H groups in total. The predicted octanol–water partition coefficient (Wildman–Crippen LogP) is 5.07. The van der Waals surface area contributed by atoms with Crippen LogP contribution in [0.5, 0.6) is 5.75 Å². The molecular formula is C22H18ClN3O3. The zero-order valence-electron chi connectivity index (χ0n) is 15.9. The number of aryl methyl sites for hydroxylation is 2. The molecule has 0 radical (unpaired) electrons. The van der Waals surface area contributed by atoms with Crippen LogP contribution >= 0.6 is 11.6 Å². The van der Waals surface area contributed by atoms with Gasteiger partial charge >= 0.3 is 0 Å². The van der Waals surface area contributed by atoms with E-state index >= 15 is 0 Å². The molecular weight excluding hydrogens is 390 g/mol. The smallest absolute Gasteiger partial charge is 0.266 e. The number of carbonyl (C=O) groups is 1. The lowest BCUT2D eigenvalue weighted by Gasteiger charge is -2.07. The topological polar surface area (TPSA) is 88.2 Å². The number of rotatable bonds is 6. The van der Waals surface area contributed by atoms with Gasteiger partial charge in [0, 0.05) is 0 Å². The molecule has 0 aliphatic rings. The van der Waals surface area contributed by atoms with Gasteiger partial charge in [0.05, 0.1) is 22.0 Å². The lowest BCUT2D eigenvalue weighted by Crippen LogP contribution is -2.13. The van der Waals surface area contributed by atoms with Gasteiger partial charge in [-0.25, -0.2) is 0 Å². The molecule has 0 aliphatic carbocycles. The molecule has 1 amide bonds. The molecule has 0 atom stereocenters. The minimum absolute atomic E-state index is 0.0330. The minimum Gasteiger partial charge on any atom is -0.489 e. The van der Waals surface area contributed by atoms with Crippen LogP contribution in [0.15, 0.2) is 58.6 Å². The van der Waals surface area contributed by atoms with Crippen LogP contribution in [0.4, 0.5) is 5.69 Å². The molecule has 0 bridgehead atoms. The van der Waals surface area contributed by atoms with Crippen LogP contribution in [-0.2, 0) is 11.4 Å². The second-order valence-corrected chi connectivity index (χ2v) is 6.67. The number of para-hydroxylation sites is 1. The number of ether oxygens (including phenoxy) is 1. The molecule has 0 fully saturated rings. The van der Waals surface area contributed by atoms with Crippen molar-refractivity contribution >= 4 is 29.3 Å². The summed E-state index contributed by atoms with van der Waals surface area (Å²) in [5.74, 6) is 0.853. The number of carbonyl (C=O) groups excluding carboxylic acids is 1. The first-order chi connectivity index (χ1) is 14.0. The number of anilines is 1. The number of amides is 1. The van der Waals surface area contributed by atoms with E-state index in [1.807, 2.05) is 19.9 Å². The van der Waals surface area contributed by atoms with Crippen molar-refractivity contribution in [1.82, 2.24) is 5.16 Å². The van der Waals surface area contributed by atoms with E-state index in [1.165, 1.54) is 6.08 Å². The van der Waals surface area contributed by atoms with Gasteiger partial charge in [0.15, 0.2) is 0 Å². The summed E-state index contributed by atoms with van der Waals surface area (Å²) in [6, 6.07) is 15.8. The molecule has 0 saturated heterocycles. The summed E-state index contributed by atoms with van der Waals surface area (Å²) in [4.78, 5) is 12.4. The van der Waals surface area contributed by atoms with Gasteiger partial charge in [-0.3, -0.25) is 4.79 Å². The maximum absolute atomic E-state index is 12.4. The number of nitrogens with zero attached hydrogens (tertiary/aromatic N) is 2. The third kappa shape index (κ3) is 5.03. The number of hydrogen-bond donors (Lipinski definition) is 1. The van der Waals surface area contributed by atoms with Crippen molar-refractivity contribution in [3.63, 3.8) is 0 Å². The van der Waals surface area contributed by atoms with Gasteiger partial charge in [-0.1, -0.05) is 41.0 Å². The first kappa shape index (κ1) is 20.2. The molecule has 1 heterocycles. The van der Waals surface area contributed by atoms with Crippen LogP contribution in [0.1, 0.15) is 22.6 Å². The van der Waals surface area contributed by atoms with Crippen LogP contribution in [-0.4, -0.2) is 11.1 Å². The average molecular weight is 408 g/mol. The molecule has 3 rings (SSSR count). The summed E-state index contributed by atoms with van der Waals surface area (Å²) in [5.41, 5.74) is 2.82. The fraction of sp³-hybridized carbons (Fsp3) is 0.136. The van der Waals surface area contributed by atoms with E-state index in [9.17, 15) is 10.1 Å². The lowest BCUT2D eigenvalue weighted by molar-refractivity contribution is -0.112. The number of nitriles is 1. The Morgan fingerprint density at radius 1 is 1.24 bits per heavy atom. The van der Waals surface area contributed by atoms with Crippen molar-refractivity contribution in [1.29, 1.82) is 5.26 Å². The highest BCUT2D eigenvalue weighted by molar-refractivity contribution is 6.34. The predicted molar refractivity (Wildman–Crippen MR) is 110 cm³/mol. The first-order valence-corrected chi connectivity index (χ1v) is 9.18. The average Bonchev–Trinajstić information content (AvgIpc) is 3.04. The molecule has 0 saturated carbocycles. The summed E-state index contributed by atoms with van der Waals surface area (Å²) in [7, 11) is 0. The van der Waals surface area contributed by atoms with E-state index in [1.54, 1.807) is 48.5 Å². The Labute approximate surface area is 173 Å². The van der Waals surface area contributed by atoms with Gasteiger partial charge in [0.25, 0.3) is 5.91 Å². The highest BCUT2D eigenvalue weighted by Gasteiger charge is 2.12. The van der Waals surface area contributed by atoms with Crippen LogP contribution in [0, 0.1) is 25.2 Å². The molecule has 0 spiro atoms. The van der Waals surface area contributed by atoms with Crippen molar-refractivity contribution in [2.45, 2.75) is 20.5 Å². The number of benzene rings is 2. The highest BCUT2D eigenvalue weighted by atomic mass is 35.5. The largest absolute Gasteiger partial charge is 0.489 e. The number of halogens is 1. The highest BCUT2D eigenvalue weighted by Crippen LogP contribution is 2.22. The summed E-state index contributed by atoms with van der Waals surface area (Å²) in [5, 5.41) is 16.3. The van der Waals surface area contributed by atoms with Crippen molar-refractivity contribution < 1.29 is 14.1 Å². The third-order valence-corrected chi connectivity index (χ3v) is 4.57. The monoisotopic (exact) mass is 407 g/mol. The van der Waals surface area contributed by atoms with Crippen molar-refractivity contribution in [3.05, 3.63) is 81.7 Å². The zero-order chi connectivity index (χ0) is 20.8. The normalized spacial score (nSPS) is 11.0. The van der Waals surface area contributed by atoms with Crippen LogP contribution in [0.3, 0.4) is 0 Å². The third-order valence-electron chi connectivity index (χ3n) is 4.24. The summed E-state index contributed by atoms with van der Waals surface area (Å²) >= 11 is 6.04. The minimum atomic E-state index is -0.528. The Balaban J connectivity index is 1.68. The Hall–Kier alpha value is -3.56. The van der Waals surface area contributed by atoms with Gasteiger partial charge in [0.1, 0.15) is 29.8 Å². The van der Waals surface area contributed by atoms with E-state index in [0.717, 1.165) is 17.0 Å². The van der Waals surface area contributed by atoms with E-state index in [4.69, 9.17) is 20.9 Å². The maximum Gasteiger partial charge on any atom is 0.266 e. The van der Waals surface area contributed by atoms with Gasteiger partial charge in [-0.05, 0) is 49.8 Å². The SMILES string of the molecule is Cc1noc(C)c1COc1ccc(/C=C(\C#N)C(=O)Nc2ccccc2Cl)cc1. The Morgan fingerprint density at radius 2 is 1.97 bits per heavy atom. The van der Waals surface area contributed by atoms with Crippen LogP contribution in [0.25, 0.3) is 6.08 Å². The Morgan fingerprint density at radius 3 is 2.59 bits per heavy atom. The molecule has 29 heavy (non-hydrogen) atoms. The Kier molecular flexibility index (Phi) is 6.32. The molecule has 0 unspecified atom stereocenters. The molecule has 1 aromatic heterocycles. The van der Waals surface area contributed by atoms with E-state index in [2.05, 4.69) is 10.5 Å². The van der Waals surface area contributed by atoms with Crippen molar-refractivity contribution in [2.75, 3.05) is 5.32 Å². The molecule has 0 aliphatic heterocycles. The first-order valence-electron chi connectivity index (χ1n) is 8.80. The molecule has 3 aromatic rings. The zero-order valence-corrected chi connectivity index (χ0v) is 16.7. The van der Waals surface area contributed by atoms with Crippen LogP contribution in [0.2, 0.25) is 5.02 Å². The standard InChI is InChI=1S/C22H18ClN3O3/c1-14-19(15(2)29-26-14)13-28-18-9-7-16(8-10-18)11-17(12-24)22(27)25-21-6-4-3-5-20(21)23/h3-11H,13H2,1-2H3,(H,25,27)/b17-11+. The van der Waals surface area contributed by atoms with Gasteiger partial charge in [0.2, 0.25) is 0 Å². The van der Waals surface area contributed by atoms with Gasteiger partial charge < -0.3 is 14.6 Å². The number of nitrogens with one attached hydrogen (secondary N) is 1. The van der Waals surface area contributed by atoms with E-state index in [-0.39, 0.29) is 5.57 Å². The van der Waals surface area contributed by atoms with E-state index in [0.29, 0.717) is 28.6 Å². The number of aromatic nitrogens is 1. The summed E-state index contributed by atoms with van der Waals surface area (Å²) in [6.45, 7) is 4.05. The second kappa shape index (κ2) is 9.09. The molecule has 146 valence electrons. The number of hydrogen-bond acceptors (Lipinski definition) is 5. The van der Waals surface area contributed by atoms with Crippen molar-refractivity contribution in [3.8, 4) is 11.8 Å². The summed E-state index contributed by atoms with van der Waals surface area (Å²) in [6.07, 6.45) is 1.50. The maximum atomic E-state index is 12.4. The molecule has 2 aromatic carbocycles. The lowest BCUT2D eigenvalue weighted by atomic mass is 10.1. The molecule has 7 heteroatoms. The molecule has 6 nitrogen and oxygen atoms in total. The van der Waals surface area contributed by atoms with Crippen molar-refractivity contribution in [2.24, 2.45) is 0 Å². The van der Waals surface area contributed by atoms with Gasteiger partial charge in [-0.2, -0.15) is 5.26 Å².